The summed E-state index contributed by atoms with van der Waals surface area (Å²) in [6.07, 6.45) is 8.98. The minimum absolute atomic E-state index is 0.146. The molecule has 1 aromatic carbocycles. The molecule has 1 aromatic rings. The molecule has 3 amide bonds. The monoisotopic (exact) mass is 470 g/mol. The average molecular weight is 471 g/mol. The Bertz CT molecular complexity index is 954. The summed E-state index contributed by atoms with van der Waals surface area (Å²) in [6, 6.07) is 3.21. The van der Waals surface area contributed by atoms with E-state index in [2.05, 4.69) is 15.5 Å². The van der Waals surface area contributed by atoms with Gasteiger partial charge in [0, 0.05) is 37.7 Å². The first kappa shape index (κ1) is 23.4. The molecule has 34 heavy (non-hydrogen) atoms. The van der Waals surface area contributed by atoms with Crippen LogP contribution in [0.5, 0.6) is 0 Å². The Hall–Kier alpha value is -2.32. The van der Waals surface area contributed by atoms with Crippen LogP contribution in [0.2, 0.25) is 0 Å². The predicted molar refractivity (Wildman–Crippen MR) is 126 cm³/mol. The molecule has 3 aliphatic heterocycles. The van der Waals surface area contributed by atoms with Gasteiger partial charge in [-0.25, -0.2) is 4.39 Å². The lowest BCUT2D eigenvalue weighted by Crippen LogP contribution is -2.52. The molecule has 8 heteroatoms. The van der Waals surface area contributed by atoms with Gasteiger partial charge in [0.15, 0.2) is 0 Å². The topological polar surface area (TPSA) is 81.8 Å². The number of hydrogen-bond acceptors (Lipinski definition) is 5. The van der Waals surface area contributed by atoms with Gasteiger partial charge in [0.25, 0.3) is 5.91 Å². The maximum atomic E-state index is 15.1. The zero-order chi connectivity index (χ0) is 23.7. The highest BCUT2D eigenvalue weighted by Crippen LogP contribution is 2.35. The zero-order valence-electron chi connectivity index (χ0n) is 19.8. The number of hydrogen-bond donors (Lipinski definition) is 2. The lowest BCUT2D eigenvalue weighted by molar-refractivity contribution is -0.136. The van der Waals surface area contributed by atoms with E-state index in [1.807, 2.05) is 6.07 Å². The standard InChI is InChI=1S/C26H35FN4O3/c27-22-15-21-18(16-31(26(21)34)23-6-7-24(32)29-25(23)33)14-20(22)17-8-11-30(12-9-17)13-10-28-19-4-2-1-3-5-19/h14-15,17,19,23,28H,1-13,16H2,(H,29,32,33). The normalized spacial score (nSPS) is 25.0. The third kappa shape index (κ3) is 4.89. The second-order valence-electron chi connectivity index (χ2n) is 10.3. The van der Waals surface area contributed by atoms with Gasteiger partial charge in [-0.1, -0.05) is 25.3 Å². The summed E-state index contributed by atoms with van der Waals surface area (Å²) in [4.78, 5) is 40.6. The van der Waals surface area contributed by atoms with Gasteiger partial charge in [-0.15, -0.1) is 0 Å². The Balaban J connectivity index is 1.17. The van der Waals surface area contributed by atoms with Crippen LogP contribution in [0.4, 0.5) is 4.39 Å². The molecular weight excluding hydrogens is 435 g/mol. The highest BCUT2D eigenvalue weighted by molar-refractivity contribution is 6.05. The van der Waals surface area contributed by atoms with Crippen LogP contribution in [-0.2, 0) is 16.1 Å². The van der Waals surface area contributed by atoms with Crippen LogP contribution < -0.4 is 10.6 Å². The maximum absolute atomic E-state index is 15.1. The van der Waals surface area contributed by atoms with Gasteiger partial charge in [0.2, 0.25) is 11.8 Å². The molecule has 5 rings (SSSR count). The SMILES string of the molecule is O=C1CCC(N2Cc3cc(C4CCN(CCNC5CCCCC5)CC4)c(F)cc3C2=O)C(=O)N1. The van der Waals surface area contributed by atoms with Crippen molar-refractivity contribution in [2.45, 2.75) is 82.3 Å². The number of carbonyl (C=O) groups excluding carboxylic acids is 3. The molecule has 0 radical (unpaired) electrons. The molecule has 3 fully saturated rings. The van der Waals surface area contributed by atoms with Crippen molar-refractivity contribution < 1.29 is 18.8 Å². The van der Waals surface area contributed by atoms with Crippen LogP contribution in [0.15, 0.2) is 12.1 Å². The first-order chi connectivity index (χ1) is 16.5. The largest absolute Gasteiger partial charge is 0.322 e. The lowest BCUT2D eigenvalue weighted by atomic mass is 9.87. The van der Waals surface area contributed by atoms with Crippen molar-refractivity contribution in [2.75, 3.05) is 26.2 Å². The van der Waals surface area contributed by atoms with Gasteiger partial charge in [0.05, 0.1) is 0 Å². The van der Waals surface area contributed by atoms with Crippen LogP contribution in [0.1, 0.15) is 85.2 Å². The van der Waals surface area contributed by atoms with Gasteiger partial charge in [0.1, 0.15) is 11.9 Å². The molecule has 1 aliphatic carbocycles. The third-order valence-electron chi connectivity index (χ3n) is 8.13. The molecule has 0 spiro atoms. The summed E-state index contributed by atoms with van der Waals surface area (Å²) < 4.78 is 15.1. The average Bonchev–Trinajstić information content (AvgIpc) is 3.15. The highest BCUT2D eigenvalue weighted by atomic mass is 19.1. The van der Waals surface area contributed by atoms with Gasteiger partial charge in [-0.05, 0) is 68.3 Å². The van der Waals surface area contributed by atoms with Crippen molar-refractivity contribution in [3.8, 4) is 0 Å². The fraction of sp³-hybridized carbons (Fsp3) is 0.654. The smallest absolute Gasteiger partial charge is 0.255 e. The summed E-state index contributed by atoms with van der Waals surface area (Å²) in [5.74, 6) is -1.25. The number of nitrogens with zero attached hydrogens (tertiary/aromatic N) is 2. The molecule has 4 aliphatic rings. The van der Waals surface area contributed by atoms with Crippen LogP contribution in [0, 0.1) is 5.82 Å². The molecule has 0 aromatic heterocycles. The number of rotatable bonds is 6. The number of piperidine rings is 2. The van der Waals surface area contributed by atoms with E-state index in [4.69, 9.17) is 0 Å². The number of likely N-dealkylation sites (tertiary alicyclic amines) is 1. The van der Waals surface area contributed by atoms with Crippen LogP contribution in [0.3, 0.4) is 0 Å². The van der Waals surface area contributed by atoms with Crippen molar-refractivity contribution in [3.63, 3.8) is 0 Å². The van der Waals surface area contributed by atoms with Gasteiger partial charge in [-0.3, -0.25) is 19.7 Å². The molecule has 3 heterocycles. The van der Waals surface area contributed by atoms with Crippen molar-refractivity contribution in [2.24, 2.45) is 0 Å². The Morgan fingerprint density at radius 2 is 1.76 bits per heavy atom. The number of imide groups is 1. The maximum Gasteiger partial charge on any atom is 0.255 e. The molecule has 184 valence electrons. The number of halogens is 1. The van der Waals surface area contributed by atoms with E-state index < -0.39 is 11.9 Å². The molecular formula is C26H35FN4O3. The van der Waals surface area contributed by atoms with Gasteiger partial charge in [-0.2, -0.15) is 0 Å². The summed E-state index contributed by atoms with van der Waals surface area (Å²) in [7, 11) is 0. The van der Waals surface area contributed by atoms with E-state index in [1.54, 1.807) is 0 Å². The Morgan fingerprint density at radius 1 is 1.00 bits per heavy atom. The van der Waals surface area contributed by atoms with Crippen LogP contribution >= 0.6 is 0 Å². The van der Waals surface area contributed by atoms with Crippen molar-refractivity contribution >= 4 is 17.7 Å². The minimum Gasteiger partial charge on any atom is -0.322 e. The lowest BCUT2D eigenvalue weighted by Gasteiger charge is -2.33. The number of nitrogens with one attached hydrogen (secondary N) is 2. The summed E-state index contributed by atoms with van der Waals surface area (Å²) in [5.41, 5.74) is 1.82. The zero-order valence-corrected chi connectivity index (χ0v) is 19.8. The third-order valence-corrected chi connectivity index (χ3v) is 8.13. The Morgan fingerprint density at radius 3 is 2.50 bits per heavy atom. The van der Waals surface area contributed by atoms with Crippen molar-refractivity contribution in [3.05, 3.63) is 34.6 Å². The highest BCUT2D eigenvalue weighted by Gasteiger charge is 2.40. The molecule has 1 atom stereocenters. The van der Waals surface area contributed by atoms with E-state index in [1.165, 1.54) is 43.1 Å². The fourth-order valence-electron chi connectivity index (χ4n) is 6.12. The molecule has 2 N–H and O–H groups in total. The summed E-state index contributed by atoms with van der Waals surface area (Å²) >= 11 is 0. The first-order valence-corrected chi connectivity index (χ1v) is 12.9. The van der Waals surface area contributed by atoms with E-state index in [9.17, 15) is 14.4 Å². The number of fused-ring (bicyclic) bond motifs is 1. The van der Waals surface area contributed by atoms with E-state index >= 15 is 4.39 Å². The number of benzene rings is 1. The second kappa shape index (κ2) is 10.1. The predicted octanol–water partition coefficient (Wildman–Crippen LogP) is 2.69. The van der Waals surface area contributed by atoms with Crippen LogP contribution in [0.25, 0.3) is 0 Å². The second-order valence-corrected chi connectivity index (χ2v) is 10.3. The Labute approximate surface area is 200 Å². The number of carbonyl (C=O) groups is 3. The fourth-order valence-corrected chi connectivity index (χ4v) is 6.12. The van der Waals surface area contributed by atoms with Crippen LogP contribution in [-0.4, -0.2) is 65.8 Å². The molecule has 7 nitrogen and oxygen atoms in total. The van der Waals surface area contributed by atoms with Crippen molar-refractivity contribution in [1.82, 2.24) is 20.4 Å². The minimum atomic E-state index is -0.672. The summed E-state index contributed by atoms with van der Waals surface area (Å²) in [5, 5.41) is 6.01. The van der Waals surface area contributed by atoms with Gasteiger partial charge >= 0.3 is 0 Å². The van der Waals surface area contributed by atoms with Gasteiger partial charge < -0.3 is 15.1 Å². The Kier molecular flexibility index (Phi) is 6.97. The number of amides is 3. The van der Waals surface area contributed by atoms with Crippen molar-refractivity contribution in [1.29, 1.82) is 0 Å². The molecule has 2 saturated heterocycles. The van der Waals surface area contributed by atoms with E-state index in [0.29, 0.717) is 30.1 Å². The molecule has 1 unspecified atom stereocenters. The molecule has 1 saturated carbocycles. The van der Waals surface area contributed by atoms with E-state index in [0.717, 1.165) is 44.6 Å². The first-order valence-electron chi connectivity index (χ1n) is 12.9. The van der Waals surface area contributed by atoms with E-state index in [-0.39, 0.29) is 30.0 Å². The quantitative estimate of drug-likeness (QED) is 0.625. The molecule has 0 bridgehead atoms. The summed E-state index contributed by atoms with van der Waals surface area (Å²) in [6.45, 7) is 4.25.